The Morgan fingerprint density at radius 1 is 1.08 bits per heavy atom. The van der Waals surface area contributed by atoms with E-state index in [4.69, 9.17) is 9.47 Å². The van der Waals surface area contributed by atoms with Crippen LogP contribution in [-0.2, 0) is 14.3 Å². The van der Waals surface area contributed by atoms with Gasteiger partial charge in [-0.15, -0.1) is 0 Å². The fraction of sp³-hybridized carbons (Fsp3) is 0.167. The lowest BCUT2D eigenvalue weighted by Gasteiger charge is -2.10. The molecule has 1 atom stereocenters. The molecular formula is C18H13FO5. The largest absolute Gasteiger partial charge is 0.457 e. The molecule has 1 aliphatic rings. The maximum absolute atomic E-state index is 12.8. The highest BCUT2D eigenvalue weighted by Gasteiger charge is 2.32. The molecule has 0 saturated heterocycles. The minimum atomic E-state index is -0.706. The third-order valence-electron chi connectivity index (χ3n) is 3.66. The molecule has 0 spiro atoms. The van der Waals surface area contributed by atoms with Gasteiger partial charge < -0.3 is 9.47 Å². The number of hydrogen-bond acceptors (Lipinski definition) is 5. The molecule has 24 heavy (non-hydrogen) atoms. The van der Waals surface area contributed by atoms with Crippen molar-refractivity contribution in [2.45, 2.75) is 12.5 Å². The Bertz CT molecular complexity index is 797. The van der Waals surface area contributed by atoms with Crippen molar-refractivity contribution in [1.29, 1.82) is 0 Å². The third kappa shape index (κ3) is 3.32. The third-order valence-corrected chi connectivity index (χ3v) is 3.66. The summed E-state index contributed by atoms with van der Waals surface area (Å²) in [5.41, 5.74) is 1.31. The predicted molar refractivity (Wildman–Crippen MR) is 80.9 cm³/mol. The van der Waals surface area contributed by atoms with Gasteiger partial charge in [-0.1, -0.05) is 18.2 Å². The quantitative estimate of drug-likeness (QED) is 0.623. The Balaban J connectivity index is 1.56. The Morgan fingerprint density at radius 2 is 1.79 bits per heavy atom. The van der Waals surface area contributed by atoms with Gasteiger partial charge >= 0.3 is 11.9 Å². The topological polar surface area (TPSA) is 69.7 Å². The molecule has 0 fully saturated rings. The van der Waals surface area contributed by atoms with E-state index in [9.17, 15) is 18.8 Å². The first-order valence-electron chi connectivity index (χ1n) is 7.29. The minimum absolute atomic E-state index is 0.167. The highest BCUT2D eigenvalue weighted by atomic mass is 19.1. The van der Waals surface area contributed by atoms with Gasteiger partial charge in [0, 0.05) is 11.1 Å². The molecule has 6 heteroatoms. The molecule has 0 aliphatic carbocycles. The average Bonchev–Trinajstić information content (AvgIpc) is 2.90. The highest BCUT2D eigenvalue weighted by molar-refractivity contribution is 5.98. The molecule has 0 bridgehead atoms. The second kappa shape index (κ2) is 6.62. The summed E-state index contributed by atoms with van der Waals surface area (Å²) in [5, 5.41) is 0. The Labute approximate surface area is 137 Å². The summed E-state index contributed by atoms with van der Waals surface area (Å²) in [6.07, 6.45) is -0.874. The molecule has 1 aliphatic heterocycles. The number of fused-ring (bicyclic) bond motifs is 1. The van der Waals surface area contributed by atoms with Gasteiger partial charge in [-0.3, -0.25) is 9.59 Å². The SMILES string of the molecule is O=C(C[C@@H]1OC(=O)c2ccccc21)OCC(=O)c1ccc(F)cc1. The van der Waals surface area contributed by atoms with E-state index in [1.807, 2.05) is 0 Å². The van der Waals surface area contributed by atoms with Gasteiger partial charge in [0.05, 0.1) is 12.0 Å². The zero-order valence-electron chi connectivity index (χ0n) is 12.5. The van der Waals surface area contributed by atoms with Crippen LogP contribution in [0.5, 0.6) is 0 Å². The molecule has 0 N–H and O–H groups in total. The van der Waals surface area contributed by atoms with Gasteiger partial charge in [-0.25, -0.2) is 9.18 Å². The maximum Gasteiger partial charge on any atom is 0.339 e. The van der Waals surface area contributed by atoms with Crippen molar-refractivity contribution in [2.24, 2.45) is 0 Å². The van der Waals surface area contributed by atoms with E-state index in [-0.39, 0.29) is 12.0 Å². The minimum Gasteiger partial charge on any atom is -0.457 e. The van der Waals surface area contributed by atoms with Crippen LogP contribution in [0.3, 0.4) is 0 Å². The molecule has 0 radical (unpaired) electrons. The Hall–Kier alpha value is -3.02. The zero-order valence-corrected chi connectivity index (χ0v) is 12.5. The lowest BCUT2D eigenvalue weighted by molar-refractivity contribution is -0.144. The summed E-state index contributed by atoms with van der Waals surface area (Å²) in [6, 6.07) is 11.7. The molecule has 0 amide bonds. The number of rotatable bonds is 5. The molecule has 5 nitrogen and oxygen atoms in total. The normalized spacial score (nSPS) is 15.5. The summed E-state index contributed by atoms with van der Waals surface area (Å²) in [4.78, 5) is 35.4. The predicted octanol–water partition coefficient (Wildman–Crippen LogP) is 2.85. The fourth-order valence-electron chi connectivity index (χ4n) is 2.45. The van der Waals surface area contributed by atoms with Crippen LogP contribution in [0.4, 0.5) is 4.39 Å². The summed E-state index contributed by atoms with van der Waals surface area (Å²) in [7, 11) is 0. The lowest BCUT2D eigenvalue weighted by Crippen LogP contribution is -2.16. The van der Waals surface area contributed by atoms with Crippen molar-refractivity contribution in [1.82, 2.24) is 0 Å². The van der Waals surface area contributed by atoms with E-state index in [0.29, 0.717) is 11.1 Å². The zero-order chi connectivity index (χ0) is 17.1. The van der Waals surface area contributed by atoms with Gasteiger partial charge in [0.25, 0.3) is 0 Å². The average molecular weight is 328 g/mol. The van der Waals surface area contributed by atoms with Crippen LogP contribution in [0, 0.1) is 5.82 Å². The van der Waals surface area contributed by atoms with Crippen molar-refractivity contribution in [3.63, 3.8) is 0 Å². The lowest BCUT2D eigenvalue weighted by atomic mass is 10.0. The number of carbonyl (C=O) groups excluding carboxylic acids is 3. The number of carbonyl (C=O) groups is 3. The highest BCUT2D eigenvalue weighted by Crippen LogP contribution is 2.32. The van der Waals surface area contributed by atoms with Crippen LogP contribution in [-0.4, -0.2) is 24.3 Å². The van der Waals surface area contributed by atoms with E-state index in [2.05, 4.69) is 0 Å². The van der Waals surface area contributed by atoms with E-state index in [1.165, 1.54) is 12.1 Å². The molecule has 1 heterocycles. The van der Waals surface area contributed by atoms with Crippen molar-refractivity contribution >= 4 is 17.7 Å². The Morgan fingerprint density at radius 3 is 2.54 bits per heavy atom. The number of hydrogen-bond donors (Lipinski definition) is 0. The molecule has 2 aromatic carbocycles. The molecule has 2 aromatic rings. The molecule has 0 aromatic heterocycles. The molecular weight excluding hydrogens is 315 g/mol. The fourth-order valence-corrected chi connectivity index (χ4v) is 2.45. The van der Waals surface area contributed by atoms with Crippen LogP contribution in [0.25, 0.3) is 0 Å². The molecule has 3 rings (SSSR count). The maximum atomic E-state index is 12.8. The second-order valence-corrected chi connectivity index (χ2v) is 5.28. The molecule has 122 valence electrons. The first kappa shape index (κ1) is 15.9. The standard InChI is InChI=1S/C18H13FO5/c19-12-7-5-11(6-8-12)15(20)10-23-17(21)9-16-13-3-1-2-4-14(13)18(22)24-16/h1-8,16H,9-10H2/t16-/m0/s1. The first-order valence-corrected chi connectivity index (χ1v) is 7.29. The number of cyclic esters (lactones) is 1. The summed E-state index contributed by atoms with van der Waals surface area (Å²) in [6.45, 7) is -0.452. The molecule has 0 unspecified atom stereocenters. The number of esters is 2. The summed E-state index contributed by atoms with van der Waals surface area (Å²) in [5.74, 6) is -2.02. The Kier molecular flexibility index (Phi) is 4.37. The van der Waals surface area contributed by atoms with E-state index >= 15 is 0 Å². The van der Waals surface area contributed by atoms with Crippen molar-refractivity contribution in [2.75, 3.05) is 6.61 Å². The first-order chi connectivity index (χ1) is 11.5. The van der Waals surface area contributed by atoms with Gasteiger partial charge in [-0.05, 0) is 30.3 Å². The van der Waals surface area contributed by atoms with Crippen molar-refractivity contribution < 1.29 is 28.2 Å². The summed E-state index contributed by atoms with van der Waals surface area (Å²) >= 11 is 0. The number of ether oxygens (including phenoxy) is 2. The van der Waals surface area contributed by atoms with Crippen LogP contribution in [0.1, 0.15) is 38.8 Å². The number of ketones is 1. The van der Waals surface area contributed by atoms with Crippen molar-refractivity contribution in [3.8, 4) is 0 Å². The van der Waals surface area contributed by atoms with Gasteiger partial charge in [0.15, 0.2) is 12.4 Å². The van der Waals surface area contributed by atoms with Gasteiger partial charge in [-0.2, -0.15) is 0 Å². The molecule has 0 saturated carbocycles. The van der Waals surface area contributed by atoms with Gasteiger partial charge in [0.2, 0.25) is 0 Å². The smallest absolute Gasteiger partial charge is 0.339 e. The van der Waals surface area contributed by atoms with Crippen LogP contribution in [0.15, 0.2) is 48.5 Å². The van der Waals surface area contributed by atoms with Crippen LogP contribution < -0.4 is 0 Å². The van der Waals surface area contributed by atoms with Crippen LogP contribution >= 0.6 is 0 Å². The number of halogens is 1. The number of Topliss-reactive ketones (excluding diaryl/α,β-unsaturated/α-hetero) is 1. The van der Waals surface area contributed by atoms with Crippen LogP contribution in [0.2, 0.25) is 0 Å². The number of benzene rings is 2. The summed E-state index contributed by atoms with van der Waals surface area (Å²) < 4.78 is 22.9. The van der Waals surface area contributed by atoms with E-state index in [1.54, 1.807) is 24.3 Å². The monoisotopic (exact) mass is 328 g/mol. The van der Waals surface area contributed by atoms with Crippen molar-refractivity contribution in [3.05, 3.63) is 71.0 Å². The van der Waals surface area contributed by atoms with E-state index < -0.39 is 36.2 Å². The second-order valence-electron chi connectivity index (χ2n) is 5.28. The van der Waals surface area contributed by atoms with Gasteiger partial charge in [0.1, 0.15) is 11.9 Å². The van der Waals surface area contributed by atoms with E-state index in [0.717, 1.165) is 12.1 Å².